The molecular weight excluding hydrogens is 379 g/mol. The summed E-state index contributed by atoms with van der Waals surface area (Å²) in [6.07, 6.45) is 0. The second-order valence-corrected chi connectivity index (χ2v) is 6.70. The second kappa shape index (κ2) is 8.29. The number of rotatable bonds is 6. The lowest BCUT2D eigenvalue weighted by Crippen LogP contribution is -2.09. The van der Waals surface area contributed by atoms with E-state index in [9.17, 15) is 0 Å². The van der Waals surface area contributed by atoms with E-state index in [4.69, 9.17) is 27.9 Å². The Hall–Kier alpha value is -2.15. The maximum Gasteiger partial charge on any atom is 0.128 e. The van der Waals surface area contributed by atoms with Crippen LogP contribution in [0.2, 0.25) is 10.0 Å². The molecule has 1 heterocycles. The molecule has 0 unspecified atom stereocenters. The minimum absolute atomic E-state index is 0.360. The summed E-state index contributed by atoms with van der Waals surface area (Å²) in [6.45, 7) is 2.23. The van der Waals surface area contributed by atoms with Crippen LogP contribution in [0.1, 0.15) is 6.92 Å². The third-order valence-corrected chi connectivity index (χ3v) is 4.14. The molecule has 5 nitrogen and oxygen atoms in total. The number of benzene rings is 2. The molecule has 25 heavy (non-hydrogen) atoms. The predicted octanol–water partition coefficient (Wildman–Crippen LogP) is 5.38. The molecule has 3 rings (SSSR count). The Bertz CT molecular complexity index is 847. The van der Waals surface area contributed by atoms with E-state index in [1.54, 1.807) is 18.2 Å². The lowest BCUT2D eigenvalue weighted by Gasteiger charge is -2.07. The van der Waals surface area contributed by atoms with E-state index < -0.39 is 0 Å². The van der Waals surface area contributed by atoms with Gasteiger partial charge in [-0.05, 0) is 60.9 Å². The number of anilines is 1. The van der Waals surface area contributed by atoms with Crippen LogP contribution in [0.4, 0.5) is 5.69 Å². The molecule has 0 aliphatic rings. The first-order valence-electron chi connectivity index (χ1n) is 7.36. The zero-order valence-corrected chi connectivity index (χ0v) is 15.6. The first-order chi connectivity index (χ1) is 12.1. The zero-order valence-electron chi connectivity index (χ0n) is 13.2. The van der Waals surface area contributed by atoms with Crippen LogP contribution >= 0.6 is 34.7 Å². The van der Waals surface area contributed by atoms with Crippen molar-refractivity contribution in [3.05, 3.63) is 57.9 Å². The van der Waals surface area contributed by atoms with Gasteiger partial charge in [-0.25, -0.2) is 0 Å². The number of ether oxygens (including phenoxy) is 1. The fourth-order valence-corrected chi connectivity index (χ4v) is 3.00. The molecule has 1 N–H and O–H groups in total. The molecule has 0 saturated heterocycles. The highest BCUT2D eigenvalue weighted by molar-refractivity contribution is 7.03. The molecule has 1 aromatic heterocycles. The Morgan fingerprint density at radius 2 is 1.88 bits per heavy atom. The van der Waals surface area contributed by atoms with E-state index >= 15 is 0 Å². The molecule has 0 saturated carbocycles. The highest BCUT2D eigenvalue weighted by Gasteiger charge is 2.02. The maximum absolute atomic E-state index is 5.95. The van der Waals surface area contributed by atoms with Crippen LogP contribution in [0.3, 0.4) is 0 Å². The third kappa shape index (κ3) is 5.16. The minimum atomic E-state index is 0.360. The van der Waals surface area contributed by atoms with Gasteiger partial charge >= 0.3 is 0 Å². The number of nitrogens with zero attached hydrogens (tertiary/aromatic N) is 3. The van der Waals surface area contributed by atoms with Crippen molar-refractivity contribution < 1.29 is 4.74 Å². The van der Waals surface area contributed by atoms with Gasteiger partial charge in [0.2, 0.25) is 0 Å². The van der Waals surface area contributed by atoms with Gasteiger partial charge in [0.25, 0.3) is 0 Å². The van der Waals surface area contributed by atoms with E-state index in [2.05, 4.69) is 20.1 Å². The van der Waals surface area contributed by atoms with E-state index in [-0.39, 0.29) is 0 Å². The largest absolute Gasteiger partial charge is 0.488 e. The average molecular weight is 393 g/mol. The third-order valence-electron chi connectivity index (χ3n) is 3.20. The van der Waals surface area contributed by atoms with Crippen LogP contribution in [-0.4, -0.2) is 21.9 Å². The van der Waals surface area contributed by atoms with Crippen molar-refractivity contribution >= 4 is 46.1 Å². The van der Waals surface area contributed by atoms with Crippen molar-refractivity contribution in [1.82, 2.24) is 9.59 Å². The number of hydrazone groups is 1. The fourth-order valence-electron chi connectivity index (χ4n) is 2.01. The lowest BCUT2D eigenvalue weighted by molar-refractivity contribution is 0.376. The quantitative estimate of drug-likeness (QED) is 0.451. The first-order valence-corrected chi connectivity index (χ1v) is 8.95. The van der Waals surface area contributed by atoms with Gasteiger partial charge in [-0.3, -0.25) is 5.43 Å². The summed E-state index contributed by atoms with van der Waals surface area (Å²) in [6, 6.07) is 12.8. The number of nitrogens with one attached hydrogen (secondary N) is 1. The van der Waals surface area contributed by atoms with Gasteiger partial charge < -0.3 is 4.74 Å². The molecule has 2 aromatic carbocycles. The molecule has 3 aromatic rings. The van der Waals surface area contributed by atoms with Crippen LogP contribution < -0.4 is 10.2 Å². The Morgan fingerprint density at radius 1 is 1.16 bits per heavy atom. The summed E-state index contributed by atoms with van der Waals surface area (Å²) in [5, 5.41) is 11.3. The Morgan fingerprint density at radius 3 is 2.52 bits per heavy atom. The molecule has 128 valence electrons. The monoisotopic (exact) mass is 392 g/mol. The molecule has 0 radical (unpaired) electrons. The molecule has 0 amide bonds. The second-order valence-electron chi connectivity index (χ2n) is 5.22. The van der Waals surface area contributed by atoms with E-state index in [1.165, 1.54) is 11.5 Å². The number of aromatic nitrogens is 2. The van der Waals surface area contributed by atoms with E-state index in [0.29, 0.717) is 16.7 Å². The predicted molar refractivity (Wildman–Crippen MR) is 104 cm³/mol. The van der Waals surface area contributed by atoms with Gasteiger partial charge in [0.1, 0.15) is 18.1 Å². The van der Waals surface area contributed by atoms with Gasteiger partial charge in [-0.1, -0.05) is 27.7 Å². The van der Waals surface area contributed by atoms with Crippen molar-refractivity contribution in [3.8, 4) is 17.0 Å². The average Bonchev–Trinajstić information content (AvgIpc) is 3.12. The van der Waals surface area contributed by atoms with Gasteiger partial charge in [-0.2, -0.15) is 5.10 Å². The molecule has 0 atom stereocenters. The number of hydrogen-bond donors (Lipinski definition) is 1. The topological polar surface area (TPSA) is 59.4 Å². The lowest BCUT2D eigenvalue weighted by atomic mass is 10.2. The Labute approximate surface area is 159 Å². The standard InChI is InChI=1S/C17H14Cl2N4OS/c1-11(20-21-15-7-13(18)6-14(19)8-15)9-24-16-4-2-12(3-5-16)17-10-25-23-22-17/h2-8,10,21H,9H2,1H3. The fraction of sp³-hybridized carbons (Fsp3) is 0.118. The molecule has 0 bridgehead atoms. The molecule has 8 heteroatoms. The van der Waals surface area contributed by atoms with Crippen molar-refractivity contribution in [1.29, 1.82) is 0 Å². The van der Waals surface area contributed by atoms with Crippen LogP contribution in [0, 0.1) is 0 Å². The molecule has 0 fully saturated rings. The molecule has 0 aliphatic carbocycles. The van der Waals surface area contributed by atoms with Crippen molar-refractivity contribution in [2.24, 2.45) is 5.10 Å². The van der Waals surface area contributed by atoms with Gasteiger partial charge in [0.05, 0.1) is 11.4 Å². The molecule has 0 spiro atoms. The maximum atomic E-state index is 5.95. The summed E-state index contributed by atoms with van der Waals surface area (Å²) < 4.78 is 9.58. The summed E-state index contributed by atoms with van der Waals surface area (Å²) in [5.41, 5.74) is 6.28. The van der Waals surface area contributed by atoms with Gasteiger partial charge in [0, 0.05) is 21.0 Å². The van der Waals surface area contributed by atoms with Crippen LogP contribution in [0.25, 0.3) is 11.3 Å². The molecular formula is C17H14Cl2N4OS. The zero-order chi connectivity index (χ0) is 17.6. The SMILES string of the molecule is CC(COc1ccc(-c2csnn2)cc1)=NNc1cc(Cl)cc(Cl)c1. The normalized spacial score (nSPS) is 11.4. The number of hydrogen-bond acceptors (Lipinski definition) is 6. The van der Waals surface area contributed by atoms with Crippen LogP contribution in [-0.2, 0) is 0 Å². The van der Waals surface area contributed by atoms with Crippen molar-refractivity contribution in [2.75, 3.05) is 12.0 Å². The highest BCUT2D eigenvalue weighted by Crippen LogP contribution is 2.23. The van der Waals surface area contributed by atoms with Crippen LogP contribution in [0.15, 0.2) is 52.9 Å². The minimum Gasteiger partial charge on any atom is -0.488 e. The van der Waals surface area contributed by atoms with Crippen molar-refractivity contribution in [3.63, 3.8) is 0 Å². The number of halogens is 2. The summed E-state index contributed by atoms with van der Waals surface area (Å²) >= 11 is 13.2. The van der Waals surface area contributed by atoms with Crippen LogP contribution in [0.5, 0.6) is 5.75 Å². The van der Waals surface area contributed by atoms with E-state index in [1.807, 2.05) is 36.6 Å². The first kappa shape index (κ1) is 17.7. The van der Waals surface area contributed by atoms with Crippen molar-refractivity contribution in [2.45, 2.75) is 6.92 Å². The Kier molecular flexibility index (Phi) is 5.86. The summed E-state index contributed by atoms with van der Waals surface area (Å²) in [7, 11) is 0. The summed E-state index contributed by atoms with van der Waals surface area (Å²) in [4.78, 5) is 0. The molecule has 0 aliphatic heterocycles. The summed E-state index contributed by atoms with van der Waals surface area (Å²) in [5.74, 6) is 0.757. The highest BCUT2D eigenvalue weighted by atomic mass is 35.5. The van der Waals surface area contributed by atoms with Gasteiger partial charge in [0.15, 0.2) is 0 Å². The van der Waals surface area contributed by atoms with Gasteiger partial charge in [-0.15, -0.1) is 5.10 Å². The van der Waals surface area contributed by atoms with E-state index in [0.717, 1.165) is 28.4 Å². The smallest absolute Gasteiger partial charge is 0.128 e. The Balaban J connectivity index is 1.55.